The van der Waals surface area contributed by atoms with E-state index in [0.29, 0.717) is 6.54 Å². The van der Waals surface area contributed by atoms with Crippen molar-refractivity contribution < 1.29 is 9.21 Å². The third kappa shape index (κ3) is 2.10. The Bertz CT molecular complexity index is 278. The molecule has 0 fully saturated rings. The number of amides is 1. The molecule has 0 spiro atoms. The average Bonchev–Trinajstić information content (AvgIpc) is 2.34. The van der Waals surface area contributed by atoms with E-state index in [1.165, 1.54) is 0 Å². The van der Waals surface area contributed by atoms with Crippen molar-refractivity contribution in [1.29, 1.82) is 0 Å². The summed E-state index contributed by atoms with van der Waals surface area (Å²) < 4.78 is 5.14. The minimum atomic E-state index is -0.528. The minimum absolute atomic E-state index is 0.215. The third-order valence-corrected chi connectivity index (χ3v) is 1.38. The normalized spacial score (nSPS) is 10.6. The summed E-state index contributed by atoms with van der Waals surface area (Å²) in [6.07, 6.45) is 0. The molecule has 4 heteroatoms. The molecule has 0 saturated carbocycles. The van der Waals surface area contributed by atoms with E-state index in [1.807, 2.05) is 19.0 Å². The van der Waals surface area contributed by atoms with Crippen LogP contribution in [-0.2, 0) is 6.54 Å². The van der Waals surface area contributed by atoms with Gasteiger partial charge in [0.15, 0.2) is 5.76 Å². The Morgan fingerprint density at radius 2 is 2.25 bits per heavy atom. The Morgan fingerprint density at radius 1 is 1.58 bits per heavy atom. The molecule has 0 aliphatic carbocycles. The van der Waals surface area contributed by atoms with Crippen molar-refractivity contribution in [2.24, 2.45) is 5.73 Å². The van der Waals surface area contributed by atoms with Crippen LogP contribution >= 0.6 is 0 Å². The molecule has 0 atom stereocenters. The lowest BCUT2D eigenvalue weighted by Crippen LogP contribution is -2.11. The minimum Gasteiger partial charge on any atom is -0.455 e. The molecule has 1 amide bonds. The van der Waals surface area contributed by atoms with Crippen molar-refractivity contribution in [3.63, 3.8) is 0 Å². The monoisotopic (exact) mass is 168 g/mol. The molecule has 1 aromatic heterocycles. The van der Waals surface area contributed by atoms with Gasteiger partial charge in [-0.15, -0.1) is 0 Å². The molecule has 1 aromatic rings. The van der Waals surface area contributed by atoms with E-state index in [4.69, 9.17) is 10.2 Å². The molecule has 4 nitrogen and oxygen atoms in total. The molecule has 12 heavy (non-hydrogen) atoms. The molecule has 0 bridgehead atoms. The van der Waals surface area contributed by atoms with Gasteiger partial charge in [0.2, 0.25) is 0 Å². The van der Waals surface area contributed by atoms with E-state index in [0.717, 1.165) is 5.76 Å². The lowest BCUT2D eigenvalue weighted by atomic mass is 10.4. The highest BCUT2D eigenvalue weighted by Crippen LogP contribution is 2.08. The highest BCUT2D eigenvalue weighted by Gasteiger charge is 2.06. The Balaban J connectivity index is 2.71. The number of primary amides is 1. The van der Waals surface area contributed by atoms with Crippen LogP contribution < -0.4 is 5.73 Å². The molecule has 0 unspecified atom stereocenters. The van der Waals surface area contributed by atoms with Crippen LogP contribution in [0.3, 0.4) is 0 Å². The molecule has 66 valence electrons. The maximum atomic E-state index is 10.6. The van der Waals surface area contributed by atoms with Crippen molar-refractivity contribution in [2.75, 3.05) is 14.1 Å². The molecule has 2 N–H and O–H groups in total. The smallest absolute Gasteiger partial charge is 0.284 e. The van der Waals surface area contributed by atoms with Crippen LogP contribution in [0.25, 0.3) is 0 Å². The van der Waals surface area contributed by atoms with Gasteiger partial charge in [0, 0.05) is 0 Å². The second-order valence-electron chi connectivity index (χ2n) is 2.87. The van der Waals surface area contributed by atoms with Crippen LogP contribution in [0, 0.1) is 0 Å². The predicted octanol–water partition coefficient (Wildman–Crippen LogP) is 0.440. The van der Waals surface area contributed by atoms with Crippen LogP contribution in [0.1, 0.15) is 16.3 Å². The number of hydrogen-bond donors (Lipinski definition) is 1. The number of nitrogens with two attached hydrogens (primary N) is 1. The Morgan fingerprint density at radius 3 is 2.67 bits per heavy atom. The molecular formula is C8H12N2O2. The van der Waals surface area contributed by atoms with Crippen molar-refractivity contribution in [1.82, 2.24) is 4.90 Å². The van der Waals surface area contributed by atoms with Gasteiger partial charge in [0.25, 0.3) is 5.91 Å². The summed E-state index contributed by atoms with van der Waals surface area (Å²) in [5.41, 5.74) is 5.01. The van der Waals surface area contributed by atoms with Crippen LogP contribution in [0.2, 0.25) is 0 Å². The molecule has 0 aliphatic rings. The zero-order valence-corrected chi connectivity index (χ0v) is 7.20. The van der Waals surface area contributed by atoms with Crippen molar-refractivity contribution in [2.45, 2.75) is 6.54 Å². The maximum absolute atomic E-state index is 10.6. The summed E-state index contributed by atoms with van der Waals surface area (Å²) >= 11 is 0. The Kier molecular flexibility index (Phi) is 2.50. The quantitative estimate of drug-likeness (QED) is 0.712. The molecule has 1 heterocycles. The fraction of sp³-hybridized carbons (Fsp3) is 0.375. The summed E-state index contributed by atoms with van der Waals surface area (Å²) in [5.74, 6) is 0.431. The van der Waals surface area contributed by atoms with Gasteiger partial charge in [-0.05, 0) is 26.2 Å². The van der Waals surface area contributed by atoms with Gasteiger partial charge in [-0.2, -0.15) is 0 Å². The van der Waals surface area contributed by atoms with Gasteiger partial charge in [0.05, 0.1) is 6.54 Å². The van der Waals surface area contributed by atoms with Gasteiger partial charge in [-0.25, -0.2) is 0 Å². The Labute approximate surface area is 70.9 Å². The van der Waals surface area contributed by atoms with Crippen molar-refractivity contribution in [3.05, 3.63) is 23.7 Å². The first-order valence-corrected chi connectivity index (χ1v) is 3.63. The summed E-state index contributed by atoms with van der Waals surface area (Å²) in [6.45, 7) is 0.674. The fourth-order valence-corrected chi connectivity index (χ4v) is 0.907. The van der Waals surface area contributed by atoms with Gasteiger partial charge < -0.3 is 15.1 Å². The number of nitrogens with zero attached hydrogens (tertiary/aromatic N) is 1. The topological polar surface area (TPSA) is 59.5 Å². The van der Waals surface area contributed by atoms with Crippen molar-refractivity contribution in [3.8, 4) is 0 Å². The van der Waals surface area contributed by atoms with E-state index in [2.05, 4.69) is 0 Å². The van der Waals surface area contributed by atoms with Crippen LogP contribution in [-0.4, -0.2) is 24.9 Å². The first-order chi connectivity index (χ1) is 5.59. The first kappa shape index (κ1) is 8.80. The third-order valence-electron chi connectivity index (χ3n) is 1.38. The number of rotatable bonds is 3. The lowest BCUT2D eigenvalue weighted by molar-refractivity contribution is 0.0971. The zero-order chi connectivity index (χ0) is 9.14. The molecule has 0 aliphatic heterocycles. The number of furan rings is 1. The fourth-order valence-electron chi connectivity index (χ4n) is 0.907. The molecule has 0 radical (unpaired) electrons. The summed E-state index contributed by atoms with van der Waals surface area (Å²) in [5, 5.41) is 0. The largest absolute Gasteiger partial charge is 0.455 e. The van der Waals surface area contributed by atoms with E-state index in [1.54, 1.807) is 12.1 Å². The summed E-state index contributed by atoms with van der Waals surface area (Å²) in [6, 6.07) is 3.33. The van der Waals surface area contributed by atoms with E-state index >= 15 is 0 Å². The number of hydrogen-bond acceptors (Lipinski definition) is 3. The van der Waals surface area contributed by atoms with Crippen LogP contribution in [0.15, 0.2) is 16.5 Å². The van der Waals surface area contributed by atoms with Gasteiger partial charge in [0.1, 0.15) is 5.76 Å². The van der Waals surface area contributed by atoms with Crippen LogP contribution in [0.4, 0.5) is 0 Å². The summed E-state index contributed by atoms with van der Waals surface area (Å²) in [7, 11) is 3.85. The molecule has 1 rings (SSSR count). The lowest BCUT2D eigenvalue weighted by Gasteiger charge is -2.05. The van der Waals surface area contributed by atoms with Crippen LogP contribution in [0.5, 0.6) is 0 Å². The SMILES string of the molecule is CN(C)Cc1ccc(C(N)=O)o1. The maximum Gasteiger partial charge on any atom is 0.284 e. The first-order valence-electron chi connectivity index (χ1n) is 3.63. The van der Waals surface area contributed by atoms with Gasteiger partial charge in [-0.3, -0.25) is 4.79 Å². The second kappa shape index (κ2) is 3.40. The average molecular weight is 168 g/mol. The van der Waals surface area contributed by atoms with E-state index in [-0.39, 0.29) is 5.76 Å². The van der Waals surface area contributed by atoms with E-state index in [9.17, 15) is 4.79 Å². The zero-order valence-electron chi connectivity index (χ0n) is 7.20. The molecule has 0 aromatic carbocycles. The standard InChI is InChI=1S/C8H12N2O2/c1-10(2)5-6-3-4-7(12-6)8(9)11/h3-4H,5H2,1-2H3,(H2,9,11). The number of carbonyl (C=O) groups excluding carboxylic acids is 1. The Hall–Kier alpha value is -1.29. The predicted molar refractivity (Wildman–Crippen MR) is 44.6 cm³/mol. The van der Waals surface area contributed by atoms with Gasteiger partial charge >= 0.3 is 0 Å². The van der Waals surface area contributed by atoms with E-state index < -0.39 is 5.91 Å². The summed E-state index contributed by atoms with van der Waals surface area (Å²) in [4.78, 5) is 12.6. The molecular weight excluding hydrogens is 156 g/mol. The highest BCUT2D eigenvalue weighted by atomic mass is 16.3. The number of carbonyl (C=O) groups is 1. The highest BCUT2D eigenvalue weighted by molar-refractivity contribution is 5.89. The van der Waals surface area contributed by atoms with Gasteiger partial charge in [-0.1, -0.05) is 0 Å². The second-order valence-corrected chi connectivity index (χ2v) is 2.87. The van der Waals surface area contributed by atoms with Crippen molar-refractivity contribution >= 4 is 5.91 Å². The molecule has 0 saturated heterocycles.